The number of para-hydroxylation sites is 2. The number of hydrogen-bond donors (Lipinski definition) is 0. The SMILES string of the molecule is COc1ccccc1/C=C(\c1ccccc1)c1nc2ccccc2s1. The van der Waals surface area contributed by atoms with Gasteiger partial charge >= 0.3 is 0 Å². The predicted molar refractivity (Wildman–Crippen MR) is 106 cm³/mol. The number of thiazole rings is 1. The Bertz CT molecular complexity index is 1000. The molecule has 0 saturated heterocycles. The Morgan fingerprint density at radius 3 is 2.40 bits per heavy atom. The third kappa shape index (κ3) is 3.19. The van der Waals surface area contributed by atoms with Gasteiger partial charge in [-0.25, -0.2) is 4.98 Å². The zero-order valence-electron chi connectivity index (χ0n) is 13.8. The van der Waals surface area contributed by atoms with Crippen LogP contribution in [-0.2, 0) is 0 Å². The van der Waals surface area contributed by atoms with E-state index in [9.17, 15) is 0 Å². The molecule has 3 heteroatoms. The summed E-state index contributed by atoms with van der Waals surface area (Å²) in [5.74, 6) is 0.858. The molecule has 1 aromatic heterocycles. The molecule has 0 unspecified atom stereocenters. The van der Waals surface area contributed by atoms with Gasteiger partial charge in [0.05, 0.1) is 17.3 Å². The van der Waals surface area contributed by atoms with Gasteiger partial charge in [-0.1, -0.05) is 60.7 Å². The number of methoxy groups -OCH3 is 1. The lowest BCUT2D eigenvalue weighted by Gasteiger charge is -2.08. The van der Waals surface area contributed by atoms with Gasteiger partial charge in [-0.3, -0.25) is 0 Å². The van der Waals surface area contributed by atoms with Crippen LogP contribution in [-0.4, -0.2) is 12.1 Å². The van der Waals surface area contributed by atoms with Crippen LogP contribution in [0.25, 0.3) is 21.9 Å². The molecule has 0 amide bonds. The van der Waals surface area contributed by atoms with E-state index in [0.717, 1.165) is 33.0 Å². The maximum absolute atomic E-state index is 5.52. The lowest BCUT2D eigenvalue weighted by Crippen LogP contribution is -1.90. The van der Waals surface area contributed by atoms with Crippen molar-refractivity contribution in [3.05, 3.63) is 95.0 Å². The van der Waals surface area contributed by atoms with E-state index >= 15 is 0 Å². The molecule has 0 N–H and O–H groups in total. The third-order valence-corrected chi connectivity index (χ3v) is 5.12. The summed E-state index contributed by atoms with van der Waals surface area (Å²) in [6.07, 6.45) is 2.16. The Kier molecular flexibility index (Phi) is 4.32. The van der Waals surface area contributed by atoms with Crippen LogP contribution in [0.3, 0.4) is 0 Å². The average Bonchev–Trinajstić information content (AvgIpc) is 3.11. The zero-order chi connectivity index (χ0) is 17.1. The molecule has 0 aliphatic carbocycles. The second-order valence-corrected chi connectivity index (χ2v) is 6.68. The van der Waals surface area contributed by atoms with Crippen LogP contribution in [0.1, 0.15) is 16.1 Å². The lowest BCUT2D eigenvalue weighted by molar-refractivity contribution is 0.414. The van der Waals surface area contributed by atoms with Crippen molar-refractivity contribution in [2.45, 2.75) is 0 Å². The van der Waals surface area contributed by atoms with Crippen molar-refractivity contribution in [1.29, 1.82) is 0 Å². The van der Waals surface area contributed by atoms with Crippen LogP contribution in [0.15, 0.2) is 78.9 Å². The minimum absolute atomic E-state index is 0.858. The van der Waals surface area contributed by atoms with Crippen molar-refractivity contribution in [2.24, 2.45) is 0 Å². The standard InChI is InChI=1S/C22H17NOS/c1-24-20-13-7-5-11-17(20)15-18(16-9-3-2-4-10-16)22-23-19-12-6-8-14-21(19)25-22/h2-15H,1H3/b18-15+. The van der Waals surface area contributed by atoms with E-state index in [2.05, 4.69) is 54.6 Å². The largest absolute Gasteiger partial charge is 0.496 e. The summed E-state index contributed by atoms with van der Waals surface area (Å²) in [5.41, 5.74) is 4.33. The zero-order valence-corrected chi connectivity index (χ0v) is 14.7. The molecule has 0 spiro atoms. The fourth-order valence-corrected chi connectivity index (χ4v) is 3.82. The van der Waals surface area contributed by atoms with Crippen LogP contribution in [0.4, 0.5) is 0 Å². The molecule has 0 atom stereocenters. The van der Waals surface area contributed by atoms with Gasteiger partial charge in [0.2, 0.25) is 0 Å². The highest BCUT2D eigenvalue weighted by Gasteiger charge is 2.12. The molecule has 0 aliphatic heterocycles. The fourth-order valence-electron chi connectivity index (χ4n) is 2.81. The second kappa shape index (κ2) is 6.91. The highest BCUT2D eigenvalue weighted by Crippen LogP contribution is 2.34. The number of aromatic nitrogens is 1. The highest BCUT2D eigenvalue weighted by molar-refractivity contribution is 7.19. The number of ether oxygens (including phenoxy) is 1. The number of rotatable bonds is 4. The molecular weight excluding hydrogens is 326 g/mol. The summed E-state index contributed by atoms with van der Waals surface area (Å²) in [6, 6.07) is 26.7. The van der Waals surface area contributed by atoms with Gasteiger partial charge in [-0.15, -0.1) is 11.3 Å². The molecule has 0 fully saturated rings. The molecular formula is C22H17NOS. The van der Waals surface area contributed by atoms with E-state index in [4.69, 9.17) is 9.72 Å². The fraction of sp³-hybridized carbons (Fsp3) is 0.0455. The predicted octanol–water partition coefficient (Wildman–Crippen LogP) is 5.89. The van der Waals surface area contributed by atoms with Gasteiger partial charge in [0.1, 0.15) is 10.8 Å². The summed E-state index contributed by atoms with van der Waals surface area (Å²) in [6.45, 7) is 0. The normalized spacial score (nSPS) is 11.6. The first-order valence-electron chi connectivity index (χ1n) is 8.11. The quantitative estimate of drug-likeness (QED) is 0.431. The molecule has 0 saturated carbocycles. The van der Waals surface area contributed by atoms with Gasteiger partial charge in [0.25, 0.3) is 0 Å². The molecule has 3 aromatic carbocycles. The van der Waals surface area contributed by atoms with Crippen LogP contribution >= 0.6 is 11.3 Å². The van der Waals surface area contributed by atoms with Crippen molar-refractivity contribution < 1.29 is 4.74 Å². The Morgan fingerprint density at radius 2 is 1.60 bits per heavy atom. The average molecular weight is 343 g/mol. The summed E-state index contributed by atoms with van der Waals surface area (Å²) < 4.78 is 6.71. The first-order valence-corrected chi connectivity index (χ1v) is 8.93. The van der Waals surface area contributed by atoms with Crippen molar-refractivity contribution in [1.82, 2.24) is 4.98 Å². The lowest BCUT2D eigenvalue weighted by atomic mass is 10.0. The van der Waals surface area contributed by atoms with Crippen LogP contribution in [0.5, 0.6) is 5.75 Å². The Balaban J connectivity index is 1.92. The van der Waals surface area contributed by atoms with Crippen molar-refractivity contribution in [2.75, 3.05) is 7.11 Å². The summed E-state index contributed by atoms with van der Waals surface area (Å²) in [5, 5.41) is 1.01. The Hall–Kier alpha value is -2.91. The summed E-state index contributed by atoms with van der Waals surface area (Å²) in [7, 11) is 1.70. The van der Waals surface area contributed by atoms with Crippen molar-refractivity contribution in [3.63, 3.8) is 0 Å². The minimum atomic E-state index is 0.858. The molecule has 0 aliphatic rings. The molecule has 122 valence electrons. The minimum Gasteiger partial charge on any atom is -0.496 e. The third-order valence-electron chi connectivity index (χ3n) is 4.05. The molecule has 4 aromatic rings. The number of benzene rings is 3. The van der Waals surface area contributed by atoms with E-state index in [-0.39, 0.29) is 0 Å². The van der Waals surface area contributed by atoms with E-state index in [1.54, 1.807) is 18.4 Å². The molecule has 25 heavy (non-hydrogen) atoms. The first kappa shape index (κ1) is 15.6. The van der Waals surface area contributed by atoms with Gasteiger partial charge in [0.15, 0.2) is 0 Å². The molecule has 0 radical (unpaired) electrons. The molecule has 1 heterocycles. The second-order valence-electron chi connectivity index (χ2n) is 5.65. The summed E-state index contributed by atoms with van der Waals surface area (Å²) >= 11 is 1.71. The molecule has 2 nitrogen and oxygen atoms in total. The number of fused-ring (bicyclic) bond motifs is 1. The van der Waals surface area contributed by atoms with Gasteiger partial charge in [-0.2, -0.15) is 0 Å². The van der Waals surface area contributed by atoms with E-state index in [1.807, 2.05) is 30.3 Å². The van der Waals surface area contributed by atoms with E-state index in [1.165, 1.54) is 4.70 Å². The smallest absolute Gasteiger partial charge is 0.126 e. The monoisotopic (exact) mass is 343 g/mol. The highest BCUT2D eigenvalue weighted by atomic mass is 32.1. The molecule has 0 bridgehead atoms. The van der Waals surface area contributed by atoms with Gasteiger partial charge in [-0.05, 0) is 29.8 Å². The van der Waals surface area contributed by atoms with Gasteiger partial charge < -0.3 is 4.74 Å². The maximum Gasteiger partial charge on any atom is 0.126 e. The van der Waals surface area contributed by atoms with Crippen LogP contribution < -0.4 is 4.74 Å². The van der Waals surface area contributed by atoms with Crippen molar-refractivity contribution in [3.8, 4) is 5.75 Å². The molecule has 4 rings (SSSR count). The van der Waals surface area contributed by atoms with E-state index in [0.29, 0.717) is 0 Å². The van der Waals surface area contributed by atoms with Crippen LogP contribution in [0, 0.1) is 0 Å². The number of nitrogens with zero attached hydrogens (tertiary/aromatic N) is 1. The Labute approximate surface area is 151 Å². The van der Waals surface area contributed by atoms with E-state index < -0.39 is 0 Å². The first-order chi connectivity index (χ1) is 12.3. The maximum atomic E-state index is 5.52. The Morgan fingerprint density at radius 1 is 0.880 bits per heavy atom. The van der Waals surface area contributed by atoms with Crippen molar-refractivity contribution >= 4 is 33.2 Å². The topological polar surface area (TPSA) is 22.1 Å². The summed E-state index contributed by atoms with van der Waals surface area (Å²) in [4.78, 5) is 4.85. The van der Waals surface area contributed by atoms with Crippen LogP contribution in [0.2, 0.25) is 0 Å². The van der Waals surface area contributed by atoms with Gasteiger partial charge in [0, 0.05) is 11.1 Å². The number of hydrogen-bond acceptors (Lipinski definition) is 3.